The van der Waals surface area contributed by atoms with Gasteiger partial charge in [0.25, 0.3) is 5.69 Å². The number of anilines is 1. The molecule has 6 heteroatoms. The summed E-state index contributed by atoms with van der Waals surface area (Å²) in [5.41, 5.74) is 1.96. The molecule has 1 amide bonds. The number of carbonyl (C=O) groups excluding carboxylic acids is 1. The van der Waals surface area contributed by atoms with E-state index in [0.29, 0.717) is 17.3 Å². The second-order valence-corrected chi connectivity index (χ2v) is 5.62. The maximum Gasteiger partial charge on any atom is 0.274 e. The van der Waals surface area contributed by atoms with Crippen molar-refractivity contribution in [2.75, 3.05) is 11.9 Å². The van der Waals surface area contributed by atoms with Crippen LogP contribution in [0.5, 0.6) is 0 Å². The van der Waals surface area contributed by atoms with Crippen LogP contribution >= 0.6 is 0 Å². The van der Waals surface area contributed by atoms with Gasteiger partial charge >= 0.3 is 0 Å². The predicted octanol–water partition coefficient (Wildman–Crippen LogP) is 2.68. The van der Waals surface area contributed by atoms with E-state index in [9.17, 15) is 14.9 Å². The minimum Gasteiger partial charge on any atom is -0.324 e. The van der Waals surface area contributed by atoms with Gasteiger partial charge in [-0.15, -0.1) is 0 Å². The highest BCUT2D eigenvalue weighted by Gasteiger charge is 2.17. The van der Waals surface area contributed by atoms with Crippen LogP contribution in [0.1, 0.15) is 36.8 Å². The number of nitro benzene ring substituents is 1. The van der Waals surface area contributed by atoms with Crippen LogP contribution < -0.4 is 10.6 Å². The Morgan fingerprint density at radius 3 is 2.57 bits per heavy atom. The molecule has 0 aliphatic heterocycles. The SMILES string of the molecule is Cc1cc(C)c([N+](=O)[O-])cc1NC(=O)CNC1CCCC1. The fourth-order valence-electron chi connectivity index (χ4n) is 2.73. The van der Waals surface area contributed by atoms with Crippen molar-refractivity contribution in [2.45, 2.75) is 45.6 Å². The highest BCUT2D eigenvalue weighted by Crippen LogP contribution is 2.26. The van der Waals surface area contributed by atoms with Crippen LogP contribution in [0.3, 0.4) is 0 Å². The van der Waals surface area contributed by atoms with Crippen molar-refractivity contribution in [1.82, 2.24) is 5.32 Å². The van der Waals surface area contributed by atoms with Crippen LogP contribution in [-0.2, 0) is 4.79 Å². The normalized spacial score (nSPS) is 15.1. The van der Waals surface area contributed by atoms with Crippen molar-refractivity contribution in [3.63, 3.8) is 0 Å². The molecule has 1 saturated carbocycles. The summed E-state index contributed by atoms with van der Waals surface area (Å²) in [6, 6.07) is 3.57. The maximum atomic E-state index is 11.9. The number of carbonyl (C=O) groups is 1. The van der Waals surface area contributed by atoms with Crippen molar-refractivity contribution in [3.8, 4) is 0 Å². The summed E-state index contributed by atoms with van der Waals surface area (Å²) in [6.45, 7) is 3.76. The highest BCUT2D eigenvalue weighted by molar-refractivity contribution is 5.93. The second-order valence-electron chi connectivity index (χ2n) is 5.62. The zero-order valence-electron chi connectivity index (χ0n) is 12.4. The number of nitrogens with zero attached hydrogens (tertiary/aromatic N) is 1. The average Bonchev–Trinajstić information content (AvgIpc) is 2.92. The van der Waals surface area contributed by atoms with Gasteiger partial charge in [-0.25, -0.2) is 0 Å². The van der Waals surface area contributed by atoms with E-state index in [0.717, 1.165) is 18.4 Å². The molecule has 1 aromatic carbocycles. The lowest BCUT2D eigenvalue weighted by atomic mass is 10.1. The topological polar surface area (TPSA) is 84.3 Å². The molecule has 2 rings (SSSR count). The molecule has 1 aliphatic carbocycles. The van der Waals surface area contributed by atoms with Crippen molar-refractivity contribution in [1.29, 1.82) is 0 Å². The van der Waals surface area contributed by atoms with Gasteiger partial charge in [0.15, 0.2) is 0 Å². The van der Waals surface area contributed by atoms with Gasteiger partial charge in [0, 0.05) is 17.7 Å². The van der Waals surface area contributed by atoms with Crippen molar-refractivity contribution in [3.05, 3.63) is 33.4 Å². The van der Waals surface area contributed by atoms with Crippen LogP contribution in [0.4, 0.5) is 11.4 Å². The van der Waals surface area contributed by atoms with Gasteiger partial charge in [0.05, 0.1) is 17.2 Å². The summed E-state index contributed by atoms with van der Waals surface area (Å²) in [7, 11) is 0. The number of nitro groups is 1. The fraction of sp³-hybridized carbons (Fsp3) is 0.533. The first-order chi connectivity index (χ1) is 9.97. The van der Waals surface area contributed by atoms with Gasteiger partial charge in [-0.3, -0.25) is 14.9 Å². The van der Waals surface area contributed by atoms with Gasteiger partial charge in [-0.2, -0.15) is 0 Å². The molecule has 0 bridgehead atoms. The molecule has 0 atom stereocenters. The first-order valence-electron chi connectivity index (χ1n) is 7.26. The third-order valence-corrected chi connectivity index (χ3v) is 3.92. The molecule has 0 aromatic heterocycles. The van der Waals surface area contributed by atoms with E-state index in [-0.39, 0.29) is 18.1 Å². The summed E-state index contributed by atoms with van der Waals surface area (Å²) in [6.07, 6.45) is 4.65. The van der Waals surface area contributed by atoms with Gasteiger partial charge < -0.3 is 10.6 Å². The van der Waals surface area contributed by atoms with Gasteiger partial charge in [0.2, 0.25) is 5.91 Å². The minimum absolute atomic E-state index is 0.0275. The third-order valence-electron chi connectivity index (χ3n) is 3.92. The molecular formula is C15H21N3O3. The molecule has 1 fully saturated rings. The van der Waals surface area contributed by atoms with Crippen LogP contribution in [0.2, 0.25) is 0 Å². The van der Waals surface area contributed by atoms with Crippen molar-refractivity contribution < 1.29 is 9.72 Å². The Balaban J connectivity index is 1.99. The zero-order chi connectivity index (χ0) is 15.4. The molecule has 6 nitrogen and oxygen atoms in total. The number of aryl methyl sites for hydroxylation is 2. The molecule has 21 heavy (non-hydrogen) atoms. The van der Waals surface area contributed by atoms with E-state index in [4.69, 9.17) is 0 Å². The van der Waals surface area contributed by atoms with Crippen LogP contribution in [-0.4, -0.2) is 23.4 Å². The van der Waals surface area contributed by atoms with E-state index in [2.05, 4.69) is 10.6 Å². The molecule has 1 aliphatic rings. The van der Waals surface area contributed by atoms with Crippen LogP contribution in [0, 0.1) is 24.0 Å². The lowest BCUT2D eigenvalue weighted by Gasteiger charge is -2.13. The molecule has 114 valence electrons. The van der Waals surface area contributed by atoms with Crippen LogP contribution in [0.15, 0.2) is 12.1 Å². The quantitative estimate of drug-likeness (QED) is 0.645. The highest BCUT2D eigenvalue weighted by atomic mass is 16.6. The Hall–Kier alpha value is -1.95. The average molecular weight is 291 g/mol. The van der Waals surface area contributed by atoms with E-state index in [1.54, 1.807) is 13.0 Å². The van der Waals surface area contributed by atoms with Crippen LogP contribution in [0.25, 0.3) is 0 Å². The number of benzene rings is 1. The molecule has 0 spiro atoms. The third kappa shape index (κ3) is 4.01. The Morgan fingerprint density at radius 1 is 1.29 bits per heavy atom. The van der Waals surface area contributed by atoms with E-state index >= 15 is 0 Å². The Morgan fingerprint density at radius 2 is 1.95 bits per heavy atom. The Kier molecular flexibility index (Phi) is 4.90. The first kappa shape index (κ1) is 15.4. The Bertz CT molecular complexity index is 551. The zero-order valence-corrected chi connectivity index (χ0v) is 12.4. The number of hydrogen-bond donors (Lipinski definition) is 2. The molecular weight excluding hydrogens is 270 g/mol. The number of hydrogen-bond acceptors (Lipinski definition) is 4. The van der Waals surface area contributed by atoms with E-state index in [1.807, 2.05) is 6.92 Å². The standard InChI is InChI=1S/C15H21N3O3/c1-10-7-11(2)14(18(20)21)8-13(10)17-15(19)9-16-12-5-3-4-6-12/h7-8,12,16H,3-6,9H2,1-2H3,(H,17,19). The first-order valence-corrected chi connectivity index (χ1v) is 7.26. The second kappa shape index (κ2) is 6.67. The van der Waals surface area contributed by atoms with Crippen molar-refractivity contribution >= 4 is 17.3 Å². The number of rotatable bonds is 5. The lowest BCUT2D eigenvalue weighted by molar-refractivity contribution is -0.385. The largest absolute Gasteiger partial charge is 0.324 e. The molecule has 1 aromatic rings. The predicted molar refractivity (Wildman–Crippen MR) is 81.5 cm³/mol. The monoisotopic (exact) mass is 291 g/mol. The fourth-order valence-corrected chi connectivity index (χ4v) is 2.73. The molecule has 0 radical (unpaired) electrons. The molecule has 2 N–H and O–H groups in total. The van der Waals surface area contributed by atoms with Crippen molar-refractivity contribution in [2.24, 2.45) is 0 Å². The summed E-state index contributed by atoms with van der Waals surface area (Å²) in [5.74, 6) is -0.164. The smallest absolute Gasteiger partial charge is 0.274 e. The Labute approximate surface area is 124 Å². The summed E-state index contributed by atoms with van der Waals surface area (Å²) in [5, 5.41) is 16.9. The van der Waals surface area contributed by atoms with Gasteiger partial charge in [0.1, 0.15) is 0 Å². The number of nitrogens with one attached hydrogen (secondary N) is 2. The summed E-state index contributed by atoms with van der Waals surface area (Å²) >= 11 is 0. The van der Waals surface area contributed by atoms with Gasteiger partial charge in [-0.05, 0) is 38.3 Å². The molecule has 0 unspecified atom stereocenters. The molecule has 0 saturated heterocycles. The summed E-state index contributed by atoms with van der Waals surface area (Å²) in [4.78, 5) is 22.5. The minimum atomic E-state index is -0.429. The lowest BCUT2D eigenvalue weighted by Crippen LogP contribution is -2.34. The number of amides is 1. The van der Waals surface area contributed by atoms with Gasteiger partial charge in [-0.1, -0.05) is 12.8 Å². The van der Waals surface area contributed by atoms with E-state index in [1.165, 1.54) is 18.9 Å². The molecule has 0 heterocycles. The maximum absolute atomic E-state index is 11.9. The van der Waals surface area contributed by atoms with E-state index < -0.39 is 4.92 Å². The summed E-state index contributed by atoms with van der Waals surface area (Å²) < 4.78 is 0.